The van der Waals surface area contributed by atoms with Crippen molar-refractivity contribution in [1.82, 2.24) is 5.06 Å². The summed E-state index contributed by atoms with van der Waals surface area (Å²) in [6, 6.07) is 14.4. The highest BCUT2D eigenvalue weighted by atomic mass is 35.5. The largest absolute Gasteiger partial charge is 0.334 e. The van der Waals surface area contributed by atoms with Crippen LogP contribution in [0.3, 0.4) is 0 Å². The first-order valence-corrected chi connectivity index (χ1v) is 8.77. The molecule has 2 aromatic rings. The number of nitrogens with zero attached hydrogens (tertiary/aromatic N) is 1. The second-order valence-electron chi connectivity index (χ2n) is 5.92. The lowest BCUT2D eigenvalue weighted by Gasteiger charge is -2.19. The molecule has 1 fully saturated rings. The van der Waals surface area contributed by atoms with Crippen LogP contribution in [0.25, 0.3) is 0 Å². The Morgan fingerprint density at radius 1 is 0.962 bits per heavy atom. The van der Waals surface area contributed by atoms with Crippen molar-refractivity contribution >= 4 is 41.0 Å². The van der Waals surface area contributed by atoms with Crippen molar-refractivity contribution in [2.75, 3.05) is 0 Å². The van der Waals surface area contributed by atoms with Crippen LogP contribution in [0.2, 0.25) is 10.0 Å². The number of carbonyl (C=O) groups is 3. The zero-order valence-corrected chi connectivity index (χ0v) is 15.2. The van der Waals surface area contributed by atoms with Gasteiger partial charge in [-0.05, 0) is 29.3 Å². The molecule has 7 heteroatoms. The van der Waals surface area contributed by atoms with Gasteiger partial charge in [-0.25, -0.2) is 4.79 Å². The average molecular weight is 392 g/mol. The summed E-state index contributed by atoms with van der Waals surface area (Å²) in [7, 11) is 0. The molecule has 1 aliphatic rings. The topological polar surface area (TPSA) is 63.7 Å². The van der Waals surface area contributed by atoms with Crippen LogP contribution in [0.15, 0.2) is 48.5 Å². The van der Waals surface area contributed by atoms with Crippen molar-refractivity contribution in [3.63, 3.8) is 0 Å². The molecular formula is C19H15Cl2NO4. The van der Waals surface area contributed by atoms with E-state index in [1.807, 2.05) is 30.3 Å². The zero-order valence-electron chi connectivity index (χ0n) is 13.7. The van der Waals surface area contributed by atoms with Crippen LogP contribution in [0.4, 0.5) is 0 Å². The molecule has 0 N–H and O–H groups in total. The fourth-order valence-corrected chi connectivity index (χ4v) is 3.40. The van der Waals surface area contributed by atoms with Gasteiger partial charge in [-0.15, -0.1) is 5.06 Å². The maximum atomic E-state index is 12.4. The minimum Gasteiger partial charge on any atom is -0.330 e. The monoisotopic (exact) mass is 391 g/mol. The van der Waals surface area contributed by atoms with Crippen LogP contribution < -0.4 is 0 Å². The highest BCUT2D eigenvalue weighted by molar-refractivity contribution is 6.34. The van der Waals surface area contributed by atoms with Crippen LogP contribution in [-0.4, -0.2) is 22.8 Å². The zero-order chi connectivity index (χ0) is 18.7. The number of halogens is 2. The normalized spacial score (nSPS) is 15.2. The molecule has 2 aromatic carbocycles. The molecule has 0 saturated carbocycles. The molecule has 0 aliphatic carbocycles. The Balaban J connectivity index is 1.85. The molecule has 134 valence electrons. The van der Waals surface area contributed by atoms with Gasteiger partial charge in [-0.1, -0.05) is 53.5 Å². The fourth-order valence-electron chi connectivity index (χ4n) is 2.85. The first-order valence-electron chi connectivity index (χ1n) is 8.01. The Morgan fingerprint density at radius 3 is 2.12 bits per heavy atom. The van der Waals surface area contributed by atoms with Gasteiger partial charge in [0.1, 0.15) is 0 Å². The fraction of sp³-hybridized carbons (Fsp3) is 0.211. The number of hydrogen-bond acceptors (Lipinski definition) is 4. The van der Waals surface area contributed by atoms with Crippen molar-refractivity contribution in [1.29, 1.82) is 0 Å². The molecule has 1 saturated heterocycles. The van der Waals surface area contributed by atoms with E-state index >= 15 is 0 Å². The highest BCUT2D eigenvalue weighted by Crippen LogP contribution is 2.32. The third kappa shape index (κ3) is 4.23. The molecule has 0 unspecified atom stereocenters. The van der Waals surface area contributed by atoms with Crippen LogP contribution in [0.1, 0.15) is 36.3 Å². The van der Waals surface area contributed by atoms with E-state index in [4.69, 9.17) is 28.0 Å². The number of rotatable bonds is 5. The second-order valence-corrected chi connectivity index (χ2v) is 6.79. The number of imide groups is 1. The van der Waals surface area contributed by atoms with E-state index < -0.39 is 17.8 Å². The summed E-state index contributed by atoms with van der Waals surface area (Å²) >= 11 is 12.2. The lowest BCUT2D eigenvalue weighted by atomic mass is 9.88. The maximum Gasteiger partial charge on any atom is 0.334 e. The van der Waals surface area contributed by atoms with Gasteiger partial charge in [0.25, 0.3) is 11.8 Å². The van der Waals surface area contributed by atoms with Crippen molar-refractivity contribution in [2.45, 2.75) is 25.2 Å². The lowest BCUT2D eigenvalue weighted by Crippen LogP contribution is -2.32. The Kier molecular flexibility index (Phi) is 5.59. The first kappa shape index (κ1) is 18.4. The molecule has 5 nitrogen and oxygen atoms in total. The highest BCUT2D eigenvalue weighted by Gasteiger charge is 2.33. The molecular weight excluding hydrogens is 377 g/mol. The minimum absolute atomic E-state index is 0.0537. The molecule has 1 atom stereocenters. The van der Waals surface area contributed by atoms with Gasteiger partial charge < -0.3 is 4.84 Å². The lowest BCUT2D eigenvalue weighted by molar-refractivity contribution is -0.197. The number of hydrogen-bond donors (Lipinski definition) is 0. The van der Waals surface area contributed by atoms with Gasteiger partial charge in [0.2, 0.25) is 0 Å². The number of hydroxylamine groups is 2. The summed E-state index contributed by atoms with van der Waals surface area (Å²) < 4.78 is 0. The Bertz CT molecular complexity index is 818. The summed E-state index contributed by atoms with van der Waals surface area (Å²) in [5, 5.41) is 1.45. The molecule has 2 amide bonds. The molecule has 0 bridgehead atoms. The molecule has 1 aliphatic heterocycles. The number of benzene rings is 2. The van der Waals surface area contributed by atoms with Crippen molar-refractivity contribution in [3.05, 3.63) is 69.7 Å². The summed E-state index contributed by atoms with van der Waals surface area (Å²) in [5.41, 5.74) is 1.60. The van der Waals surface area contributed by atoms with Gasteiger partial charge >= 0.3 is 5.97 Å². The summed E-state index contributed by atoms with van der Waals surface area (Å²) in [6.45, 7) is 0. The van der Waals surface area contributed by atoms with Gasteiger partial charge in [-0.2, -0.15) is 0 Å². The van der Waals surface area contributed by atoms with Gasteiger partial charge in [0.05, 0.1) is 6.42 Å². The van der Waals surface area contributed by atoms with Gasteiger partial charge in [0.15, 0.2) is 0 Å². The molecule has 0 aromatic heterocycles. The molecule has 0 radical (unpaired) electrons. The molecule has 1 heterocycles. The van der Waals surface area contributed by atoms with E-state index in [0.29, 0.717) is 15.1 Å². The van der Waals surface area contributed by atoms with Crippen LogP contribution in [-0.2, 0) is 19.2 Å². The van der Waals surface area contributed by atoms with Crippen molar-refractivity contribution in [3.8, 4) is 0 Å². The van der Waals surface area contributed by atoms with Crippen molar-refractivity contribution < 1.29 is 19.2 Å². The van der Waals surface area contributed by atoms with E-state index in [2.05, 4.69) is 0 Å². The third-order valence-corrected chi connectivity index (χ3v) is 4.50. The Labute approximate surface area is 160 Å². The summed E-state index contributed by atoms with van der Waals surface area (Å²) in [5.74, 6) is -2.08. The Morgan fingerprint density at radius 2 is 1.54 bits per heavy atom. The molecule has 26 heavy (non-hydrogen) atoms. The van der Waals surface area contributed by atoms with Gasteiger partial charge in [-0.3, -0.25) is 9.59 Å². The quantitative estimate of drug-likeness (QED) is 0.718. The molecule has 0 spiro atoms. The smallest absolute Gasteiger partial charge is 0.330 e. The predicted molar refractivity (Wildman–Crippen MR) is 96.5 cm³/mol. The standard InChI is InChI=1S/C19H15Cl2NO4/c20-14-8-13(9-15(21)10-14)16(12-4-2-1-3-5-12)11-19(25)26-22-17(23)6-7-18(22)24/h1-5,8-10,16H,6-7,11H2/t16-/m0/s1. The maximum absolute atomic E-state index is 12.4. The third-order valence-electron chi connectivity index (χ3n) is 4.06. The first-order chi connectivity index (χ1) is 12.4. The minimum atomic E-state index is -0.682. The predicted octanol–water partition coefficient (Wildman–Crippen LogP) is 4.12. The van der Waals surface area contributed by atoms with Crippen LogP contribution in [0, 0.1) is 0 Å². The Hall–Kier alpha value is -2.37. The molecule has 3 rings (SSSR count). The van der Waals surface area contributed by atoms with Gasteiger partial charge in [0, 0.05) is 28.8 Å². The van der Waals surface area contributed by atoms with Crippen molar-refractivity contribution in [2.24, 2.45) is 0 Å². The van der Waals surface area contributed by atoms with E-state index in [-0.39, 0.29) is 25.2 Å². The number of carbonyl (C=O) groups excluding carboxylic acids is 3. The summed E-state index contributed by atoms with van der Waals surface area (Å²) in [6.07, 6.45) is 0.0357. The van der Waals surface area contributed by atoms with E-state index in [1.165, 1.54) is 0 Å². The van der Waals surface area contributed by atoms with E-state index in [1.54, 1.807) is 18.2 Å². The second kappa shape index (κ2) is 7.89. The average Bonchev–Trinajstić information content (AvgIpc) is 2.91. The SMILES string of the molecule is O=C(C[C@@H](c1ccccc1)c1cc(Cl)cc(Cl)c1)ON1C(=O)CCC1=O. The van der Waals surface area contributed by atoms with Crippen LogP contribution in [0.5, 0.6) is 0 Å². The number of amides is 2. The van der Waals surface area contributed by atoms with E-state index in [0.717, 1.165) is 11.1 Å². The summed E-state index contributed by atoms with van der Waals surface area (Å²) in [4.78, 5) is 40.6. The van der Waals surface area contributed by atoms with E-state index in [9.17, 15) is 14.4 Å². The van der Waals surface area contributed by atoms with Crippen LogP contribution >= 0.6 is 23.2 Å².